The summed E-state index contributed by atoms with van der Waals surface area (Å²) >= 11 is 2.94. The van der Waals surface area contributed by atoms with Gasteiger partial charge < -0.3 is 5.32 Å². The lowest BCUT2D eigenvalue weighted by molar-refractivity contribution is -0.116. The van der Waals surface area contributed by atoms with E-state index in [1.807, 2.05) is 30.3 Å². The van der Waals surface area contributed by atoms with Crippen LogP contribution < -0.4 is 5.32 Å². The first-order valence-corrected chi connectivity index (χ1v) is 10.3. The minimum Gasteiger partial charge on any atom is -0.301 e. The highest BCUT2D eigenvalue weighted by Crippen LogP contribution is 2.28. The Morgan fingerprint density at radius 1 is 1.07 bits per heavy atom. The smallest absolute Gasteiger partial charge is 0.226 e. The normalized spacial score (nSPS) is 10.3. The molecule has 2 aromatic carbocycles. The summed E-state index contributed by atoms with van der Waals surface area (Å²) in [5.41, 5.74) is 3.00. The molecule has 7 heteroatoms. The van der Waals surface area contributed by atoms with Gasteiger partial charge >= 0.3 is 0 Å². The van der Waals surface area contributed by atoms with Crippen molar-refractivity contribution in [3.8, 4) is 6.07 Å². The van der Waals surface area contributed by atoms with Crippen LogP contribution in [0.3, 0.4) is 0 Å². The number of rotatable bonds is 8. The van der Waals surface area contributed by atoms with Crippen molar-refractivity contribution in [1.82, 2.24) is 10.2 Å². The van der Waals surface area contributed by atoms with E-state index in [4.69, 9.17) is 5.26 Å². The molecule has 3 aromatic rings. The first-order chi connectivity index (χ1) is 13.2. The minimum absolute atomic E-state index is 0.0364. The molecule has 136 valence electrons. The number of nitriles is 1. The zero-order valence-electron chi connectivity index (χ0n) is 14.6. The van der Waals surface area contributed by atoms with E-state index in [2.05, 4.69) is 33.7 Å². The van der Waals surface area contributed by atoms with Gasteiger partial charge in [0.25, 0.3) is 0 Å². The maximum atomic E-state index is 12.0. The van der Waals surface area contributed by atoms with E-state index in [9.17, 15) is 4.79 Å². The van der Waals surface area contributed by atoms with Gasteiger partial charge in [-0.1, -0.05) is 65.6 Å². The lowest BCUT2D eigenvalue weighted by Gasteiger charge is -2.02. The molecule has 1 aromatic heterocycles. The monoisotopic (exact) mass is 394 g/mol. The van der Waals surface area contributed by atoms with Crippen molar-refractivity contribution in [3.05, 3.63) is 71.3 Å². The fourth-order valence-electron chi connectivity index (χ4n) is 2.42. The van der Waals surface area contributed by atoms with Gasteiger partial charge in [-0.3, -0.25) is 4.79 Å². The van der Waals surface area contributed by atoms with Gasteiger partial charge in [0.1, 0.15) is 0 Å². The minimum atomic E-state index is -0.0364. The number of hydrogen-bond donors (Lipinski definition) is 1. The van der Waals surface area contributed by atoms with E-state index in [1.54, 1.807) is 23.9 Å². The van der Waals surface area contributed by atoms with Gasteiger partial charge in [0, 0.05) is 12.2 Å². The first-order valence-electron chi connectivity index (χ1n) is 8.52. The predicted molar refractivity (Wildman–Crippen MR) is 109 cm³/mol. The van der Waals surface area contributed by atoms with Crippen LogP contribution >= 0.6 is 23.1 Å². The van der Waals surface area contributed by atoms with Crippen LogP contribution in [0.25, 0.3) is 0 Å². The van der Waals surface area contributed by atoms with Crippen molar-refractivity contribution >= 4 is 34.1 Å². The molecule has 0 spiro atoms. The Labute approximate surface area is 166 Å². The second-order valence-corrected chi connectivity index (χ2v) is 8.06. The Kier molecular flexibility index (Phi) is 6.97. The molecule has 0 aliphatic carbocycles. The third-order valence-corrected chi connectivity index (χ3v) is 5.85. The third kappa shape index (κ3) is 6.20. The number of carbonyl (C=O) groups is 1. The van der Waals surface area contributed by atoms with Gasteiger partial charge in [0.2, 0.25) is 11.0 Å². The predicted octanol–water partition coefficient (Wildman–Crippen LogP) is 4.66. The quantitative estimate of drug-likeness (QED) is 0.444. The van der Waals surface area contributed by atoms with Crippen LogP contribution in [0.5, 0.6) is 0 Å². The topological polar surface area (TPSA) is 78.7 Å². The fourth-order valence-corrected chi connectivity index (χ4v) is 4.14. The molecule has 0 saturated carbocycles. The van der Waals surface area contributed by atoms with E-state index in [-0.39, 0.29) is 5.91 Å². The number of amides is 1. The van der Waals surface area contributed by atoms with Crippen molar-refractivity contribution in [2.24, 2.45) is 0 Å². The molecule has 0 unspecified atom stereocenters. The number of anilines is 1. The van der Waals surface area contributed by atoms with Crippen molar-refractivity contribution in [2.45, 2.75) is 29.4 Å². The molecule has 3 rings (SSSR count). The van der Waals surface area contributed by atoms with Gasteiger partial charge in [0.15, 0.2) is 4.34 Å². The van der Waals surface area contributed by atoms with Crippen LogP contribution in [-0.4, -0.2) is 16.1 Å². The van der Waals surface area contributed by atoms with Crippen LogP contribution in [0.15, 0.2) is 58.9 Å². The van der Waals surface area contributed by atoms with Gasteiger partial charge in [-0.25, -0.2) is 0 Å². The number of carbonyl (C=O) groups excluding carboxylic acids is 1. The van der Waals surface area contributed by atoms with Gasteiger partial charge in [-0.15, -0.1) is 10.2 Å². The number of hydrogen-bond acceptors (Lipinski definition) is 6. The van der Waals surface area contributed by atoms with E-state index in [1.165, 1.54) is 16.9 Å². The highest BCUT2D eigenvalue weighted by molar-refractivity contribution is 8.00. The molecule has 0 bridgehead atoms. The number of aromatic nitrogens is 2. The number of nitrogens with one attached hydrogen (secondary N) is 1. The van der Waals surface area contributed by atoms with E-state index in [0.717, 1.165) is 28.5 Å². The molecule has 0 atom stereocenters. The summed E-state index contributed by atoms with van der Waals surface area (Å²) in [4.78, 5) is 12.0. The molecule has 0 aliphatic heterocycles. The third-order valence-electron chi connectivity index (χ3n) is 3.81. The van der Waals surface area contributed by atoms with E-state index in [0.29, 0.717) is 17.1 Å². The van der Waals surface area contributed by atoms with Crippen LogP contribution in [0.4, 0.5) is 5.13 Å². The molecule has 5 nitrogen and oxygen atoms in total. The maximum absolute atomic E-state index is 12.0. The van der Waals surface area contributed by atoms with Crippen molar-refractivity contribution in [3.63, 3.8) is 0 Å². The number of nitrogens with zero attached hydrogens (tertiary/aromatic N) is 3. The van der Waals surface area contributed by atoms with Gasteiger partial charge in [-0.2, -0.15) is 5.26 Å². The average Bonchev–Trinajstić information content (AvgIpc) is 3.15. The molecule has 1 N–H and O–H groups in total. The number of thioether (sulfide) groups is 1. The molecule has 1 heterocycles. The van der Waals surface area contributed by atoms with Crippen LogP contribution in [0.1, 0.15) is 29.5 Å². The summed E-state index contributed by atoms with van der Waals surface area (Å²) in [6.45, 7) is 0. The van der Waals surface area contributed by atoms with Crippen molar-refractivity contribution in [1.29, 1.82) is 5.26 Å². The average molecular weight is 395 g/mol. The number of aryl methyl sites for hydroxylation is 1. The fraction of sp³-hybridized carbons (Fsp3) is 0.200. The molecule has 0 saturated heterocycles. The van der Waals surface area contributed by atoms with Crippen LogP contribution in [0, 0.1) is 11.3 Å². The Morgan fingerprint density at radius 3 is 2.59 bits per heavy atom. The molecule has 0 radical (unpaired) electrons. The lowest BCUT2D eigenvalue weighted by atomic mass is 10.1. The zero-order chi connectivity index (χ0) is 18.9. The van der Waals surface area contributed by atoms with E-state index < -0.39 is 0 Å². The molecular weight excluding hydrogens is 376 g/mol. The Hall–Kier alpha value is -2.69. The second-order valence-electron chi connectivity index (χ2n) is 5.86. The largest absolute Gasteiger partial charge is 0.301 e. The Balaban J connectivity index is 1.41. The maximum Gasteiger partial charge on any atom is 0.226 e. The van der Waals surface area contributed by atoms with Crippen molar-refractivity contribution < 1.29 is 4.79 Å². The molecule has 0 aliphatic rings. The summed E-state index contributed by atoms with van der Waals surface area (Å²) in [6, 6.07) is 19.7. The summed E-state index contributed by atoms with van der Waals surface area (Å²) in [7, 11) is 0. The van der Waals surface area contributed by atoms with Gasteiger partial charge in [-0.05, 0) is 36.1 Å². The summed E-state index contributed by atoms with van der Waals surface area (Å²) < 4.78 is 0.805. The van der Waals surface area contributed by atoms with E-state index >= 15 is 0 Å². The summed E-state index contributed by atoms with van der Waals surface area (Å²) in [5, 5.41) is 20.3. The molecule has 0 fully saturated rings. The zero-order valence-corrected chi connectivity index (χ0v) is 16.2. The standard InChI is InChI=1S/C20H18N4OS2/c21-13-16-9-11-17(12-10-16)14-26-20-24-23-19(27-20)22-18(25)8-4-7-15-5-2-1-3-6-15/h1-3,5-6,9-12H,4,7-8,14H2,(H,22,23,25). The summed E-state index contributed by atoms with van der Waals surface area (Å²) in [6.07, 6.45) is 2.15. The molecule has 1 amide bonds. The summed E-state index contributed by atoms with van der Waals surface area (Å²) in [5.74, 6) is 0.705. The van der Waals surface area contributed by atoms with Crippen LogP contribution in [-0.2, 0) is 17.0 Å². The SMILES string of the molecule is N#Cc1ccc(CSc2nnc(NC(=O)CCCc3ccccc3)s2)cc1. The number of benzene rings is 2. The Morgan fingerprint density at radius 2 is 1.85 bits per heavy atom. The highest BCUT2D eigenvalue weighted by Gasteiger charge is 2.09. The highest BCUT2D eigenvalue weighted by atomic mass is 32.2. The van der Waals surface area contributed by atoms with Crippen LogP contribution in [0.2, 0.25) is 0 Å². The van der Waals surface area contributed by atoms with Gasteiger partial charge in [0.05, 0.1) is 11.6 Å². The first kappa shape index (κ1) is 19.1. The molecule has 27 heavy (non-hydrogen) atoms. The Bertz CT molecular complexity index is 917. The lowest BCUT2D eigenvalue weighted by Crippen LogP contribution is -2.11. The molecular formula is C20H18N4OS2. The second kappa shape index (κ2) is 9.86. The van der Waals surface area contributed by atoms with Crippen molar-refractivity contribution in [2.75, 3.05) is 5.32 Å².